The molecule has 1 fully saturated rings. The van der Waals surface area contributed by atoms with E-state index in [0.717, 1.165) is 16.8 Å². The van der Waals surface area contributed by atoms with Crippen molar-refractivity contribution in [3.8, 4) is 0 Å². The van der Waals surface area contributed by atoms with Gasteiger partial charge in [0.25, 0.3) is 5.91 Å². The number of anilines is 2. The van der Waals surface area contributed by atoms with Crippen LogP contribution in [0.4, 0.5) is 16.2 Å². The molecule has 8 heteroatoms. The molecule has 2 amide bonds. The van der Waals surface area contributed by atoms with E-state index in [1.165, 1.54) is 0 Å². The van der Waals surface area contributed by atoms with Crippen molar-refractivity contribution in [3.63, 3.8) is 0 Å². The Bertz CT molecular complexity index is 964. The summed E-state index contributed by atoms with van der Waals surface area (Å²) in [6.45, 7) is 2.80. The van der Waals surface area contributed by atoms with Crippen LogP contribution in [-0.4, -0.2) is 40.6 Å². The molecule has 1 saturated heterocycles. The van der Waals surface area contributed by atoms with E-state index < -0.39 is 0 Å². The maximum absolute atomic E-state index is 12.5. The van der Waals surface area contributed by atoms with Gasteiger partial charge >= 0.3 is 6.09 Å². The summed E-state index contributed by atoms with van der Waals surface area (Å²) in [5, 5.41) is 13.5. The SMILES string of the molecule is Cc1cc(C(=O)Nc2ccc(N3CCOC3=O)cc2)cc2n[nH]nc12. The largest absolute Gasteiger partial charge is 0.447 e. The first-order chi connectivity index (χ1) is 12.1. The van der Waals surface area contributed by atoms with Gasteiger partial charge in [-0.15, -0.1) is 0 Å². The van der Waals surface area contributed by atoms with Crippen molar-refractivity contribution in [2.45, 2.75) is 6.92 Å². The molecular weight excluding hydrogens is 322 g/mol. The summed E-state index contributed by atoms with van der Waals surface area (Å²) in [4.78, 5) is 25.6. The Balaban J connectivity index is 1.52. The van der Waals surface area contributed by atoms with Crippen LogP contribution < -0.4 is 10.2 Å². The van der Waals surface area contributed by atoms with Gasteiger partial charge < -0.3 is 10.1 Å². The van der Waals surface area contributed by atoms with Gasteiger partial charge in [-0.1, -0.05) is 0 Å². The zero-order chi connectivity index (χ0) is 17.4. The van der Waals surface area contributed by atoms with Crippen LogP contribution in [0.2, 0.25) is 0 Å². The van der Waals surface area contributed by atoms with Crippen LogP contribution in [0.1, 0.15) is 15.9 Å². The number of ether oxygens (including phenoxy) is 1. The quantitative estimate of drug-likeness (QED) is 0.765. The fourth-order valence-electron chi connectivity index (χ4n) is 2.81. The third kappa shape index (κ3) is 2.78. The lowest BCUT2D eigenvalue weighted by Crippen LogP contribution is -2.23. The van der Waals surface area contributed by atoms with Crippen LogP contribution >= 0.6 is 0 Å². The van der Waals surface area contributed by atoms with Crippen molar-refractivity contribution >= 4 is 34.4 Å². The van der Waals surface area contributed by atoms with Gasteiger partial charge in [-0.25, -0.2) is 4.79 Å². The Morgan fingerprint density at radius 2 is 2.04 bits per heavy atom. The van der Waals surface area contributed by atoms with Gasteiger partial charge in [-0.3, -0.25) is 9.69 Å². The molecule has 0 spiro atoms. The summed E-state index contributed by atoms with van der Waals surface area (Å²) in [6.07, 6.45) is -0.354. The van der Waals surface area contributed by atoms with E-state index in [-0.39, 0.29) is 12.0 Å². The maximum Gasteiger partial charge on any atom is 0.414 e. The monoisotopic (exact) mass is 337 g/mol. The summed E-state index contributed by atoms with van der Waals surface area (Å²) >= 11 is 0. The van der Waals surface area contributed by atoms with Crippen molar-refractivity contribution in [1.29, 1.82) is 0 Å². The molecule has 1 aliphatic rings. The smallest absolute Gasteiger partial charge is 0.414 e. The number of carbonyl (C=O) groups excluding carboxylic acids is 2. The lowest BCUT2D eigenvalue weighted by molar-refractivity contribution is 0.102. The Morgan fingerprint density at radius 3 is 2.76 bits per heavy atom. The van der Waals surface area contributed by atoms with Gasteiger partial charge in [0.2, 0.25) is 0 Å². The van der Waals surface area contributed by atoms with Gasteiger partial charge in [0.15, 0.2) is 0 Å². The van der Waals surface area contributed by atoms with Crippen LogP contribution in [0.3, 0.4) is 0 Å². The van der Waals surface area contributed by atoms with Crippen LogP contribution in [0.5, 0.6) is 0 Å². The molecule has 8 nitrogen and oxygen atoms in total. The van der Waals surface area contributed by atoms with Crippen molar-refractivity contribution in [3.05, 3.63) is 47.5 Å². The molecule has 2 aromatic carbocycles. The highest BCUT2D eigenvalue weighted by Gasteiger charge is 2.23. The lowest BCUT2D eigenvalue weighted by Gasteiger charge is -2.13. The Morgan fingerprint density at radius 1 is 1.24 bits per heavy atom. The van der Waals surface area contributed by atoms with E-state index in [2.05, 4.69) is 20.7 Å². The summed E-state index contributed by atoms with van der Waals surface area (Å²) in [6, 6.07) is 10.5. The minimum absolute atomic E-state index is 0.235. The molecule has 3 aromatic rings. The molecule has 0 bridgehead atoms. The van der Waals surface area contributed by atoms with Gasteiger partial charge in [0, 0.05) is 16.9 Å². The summed E-state index contributed by atoms with van der Waals surface area (Å²) in [7, 11) is 0. The van der Waals surface area contributed by atoms with E-state index in [9.17, 15) is 9.59 Å². The van der Waals surface area contributed by atoms with Crippen LogP contribution in [0.25, 0.3) is 11.0 Å². The summed E-state index contributed by atoms with van der Waals surface area (Å²) < 4.78 is 4.92. The Labute approximate surface area is 142 Å². The minimum Gasteiger partial charge on any atom is -0.447 e. The number of rotatable bonds is 3. The zero-order valence-electron chi connectivity index (χ0n) is 13.4. The van der Waals surface area contributed by atoms with E-state index in [0.29, 0.717) is 29.9 Å². The topological polar surface area (TPSA) is 100 Å². The second-order valence-corrected chi connectivity index (χ2v) is 5.75. The van der Waals surface area contributed by atoms with E-state index >= 15 is 0 Å². The number of cyclic esters (lactones) is 1. The first-order valence-electron chi connectivity index (χ1n) is 7.78. The van der Waals surface area contributed by atoms with E-state index in [1.807, 2.05) is 6.92 Å². The van der Waals surface area contributed by atoms with Crippen molar-refractivity contribution < 1.29 is 14.3 Å². The van der Waals surface area contributed by atoms with Gasteiger partial charge in [0.1, 0.15) is 17.6 Å². The molecule has 0 saturated carbocycles. The molecule has 0 radical (unpaired) electrons. The molecule has 1 aliphatic heterocycles. The fraction of sp³-hybridized carbons (Fsp3) is 0.176. The number of benzene rings is 2. The van der Waals surface area contributed by atoms with Gasteiger partial charge in [-0.05, 0) is 48.9 Å². The number of aromatic nitrogens is 3. The second kappa shape index (κ2) is 5.90. The second-order valence-electron chi connectivity index (χ2n) is 5.75. The molecule has 1 aromatic heterocycles. The maximum atomic E-state index is 12.5. The number of fused-ring (bicyclic) bond motifs is 1. The first kappa shape index (κ1) is 15.1. The highest BCUT2D eigenvalue weighted by molar-refractivity contribution is 6.06. The van der Waals surface area contributed by atoms with Crippen LogP contribution in [0.15, 0.2) is 36.4 Å². The number of H-pyrrole nitrogens is 1. The standard InChI is InChI=1S/C17H15N5O3/c1-10-8-11(9-14-15(10)20-21-19-14)16(23)18-12-2-4-13(5-3-12)22-6-7-25-17(22)24/h2-5,8-9H,6-7H2,1H3,(H,18,23)(H,19,20,21). The fourth-order valence-corrected chi connectivity index (χ4v) is 2.81. The van der Waals surface area contributed by atoms with Crippen molar-refractivity contribution in [1.82, 2.24) is 15.4 Å². The number of nitrogens with zero attached hydrogens (tertiary/aromatic N) is 3. The first-order valence-corrected chi connectivity index (χ1v) is 7.78. The predicted octanol–water partition coefficient (Wildman–Crippen LogP) is 2.48. The molecule has 0 unspecified atom stereocenters. The molecule has 0 atom stereocenters. The number of aromatic amines is 1. The molecule has 25 heavy (non-hydrogen) atoms. The average Bonchev–Trinajstić information content (AvgIpc) is 3.24. The number of amides is 2. The van der Waals surface area contributed by atoms with Crippen LogP contribution in [-0.2, 0) is 4.74 Å². The summed E-state index contributed by atoms with van der Waals surface area (Å²) in [5.41, 5.74) is 4.15. The van der Waals surface area contributed by atoms with E-state index in [4.69, 9.17) is 4.74 Å². The van der Waals surface area contributed by atoms with Gasteiger partial charge in [-0.2, -0.15) is 15.4 Å². The number of nitrogens with one attached hydrogen (secondary N) is 2. The van der Waals surface area contributed by atoms with E-state index in [1.54, 1.807) is 41.3 Å². The Kier molecular flexibility index (Phi) is 3.57. The molecule has 126 valence electrons. The van der Waals surface area contributed by atoms with Crippen LogP contribution in [0, 0.1) is 6.92 Å². The molecule has 0 aliphatic carbocycles. The van der Waals surface area contributed by atoms with Crippen molar-refractivity contribution in [2.75, 3.05) is 23.4 Å². The zero-order valence-corrected chi connectivity index (χ0v) is 13.4. The third-order valence-electron chi connectivity index (χ3n) is 4.07. The molecule has 2 N–H and O–H groups in total. The number of hydrogen-bond acceptors (Lipinski definition) is 5. The number of hydrogen-bond donors (Lipinski definition) is 2. The summed E-state index contributed by atoms with van der Waals surface area (Å²) in [5.74, 6) is -0.235. The lowest BCUT2D eigenvalue weighted by atomic mass is 10.1. The molecule has 2 heterocycles. The molecule has 4 rings (SSSR count). The third-order valence-corrected chi connectivity index (χ3v) is 4.07. The highest BCUT2D eigenvalue weighted by atomic mass is 16.6. The normalized spacial score (nSPS) is 14.0. The number of aryl methyl sites for hydroxylation is 1. The average molecular weight is 337 g/mol. The minimum atomic E-state index is -0.354. The Hall–Kier alpha value is -3.42. The highest BCUT2D eigenvalue weighted by Crippen LogP contribution is 2.22. The van der Waals surface area contributed by atoms with Crippen molar-refractivity contribution in [2.24, 2.45) is 0 Å². The predicted molar refractivity (Wildman–Crippen MR) is 91.7 cm³/mol. The van der Waals surface area contributed by atoms with Gasteiger partial charge in [0.05, 0.1) is 6.54 Å². The number of carbonyl (C=O) groups is 2. The molecular formula is C17H15N5O3.